The van der Waals surface area contributed by atoms with Crippen molar-refractivity contribution in [3.05, 3.63) is 11.7 Å². The first-order chi connectivity index (χ1) is 13.7. The lowest BCUT2D eigenvalue weighted by Crippen LogP contribution is -2.49. The molecule has 29 heavy (non-hydrogen) atoms. The molecule has 8 heteroatoms. The van der Waals surface area contributed by atoms with Crippen LogP contribution < -0.4 is 0 Å². The summed E-state index contributed by atoms with van der Waals surface area (Å²) >= 11 is 0. The Kier molecular flexibility index (Phi) is 4.48. The molecule has 1 aromatic heterocycles. The lowest BCUT2D eigenvalue weighted by molar-refractivity contribution is -0.128. The Labute approximate surface area is 172 Å². The molecular formula is C21H31N3O4S. The van der Waals surface area contributed by atoms with Crippen molar-refractivity contribution in [3.63, 3.8) is 0 Å². The van der Waals surface area contributed by atoms with Gasteiger partial charge in [0.15, 0.2) is 5.82 Å². The first-order valence-corrected chi connectivity index (χ1v) is 12.7. The number of hydrogen-bond donors (Lipinski definition) is 0. The third-order valence-corrected chi connectivity index (χ3v) is 10.3. The van der Waals surface area contributed by atoms with Gasteiger partial charge < -0.3 is 4.52 Å². The second kappa shape index (κ2) is 6.61. The van der Waals surface area contributed by atoms with Crippen molar-refractivity contribution in [1.82, 2.24) is 14.4 Å². The molecule has 1 saturated heterocycles. The maximum absolute atomic E-state index is 13.4. The number of carbonyl (C=O) groups is 1. The smallest absolute Gasteiger partial charge is 0.226 e. The van der Waals surface area contributed by atoms with Crippen molar-refractivity contribution < 1.29 is 17.7 Å². The highest BCUT2D eigenvalue weighted by Gasteiger charge is 2.65. The van der Waals surface area contributed by atoms with Crippen LogP contribution in [0, 0.1) is 22.7 Å². The van der Waals surface area contributed by atoms with Crippen LogP contribution in [0.1, 0.15) is 76.4 Å². The predicted molar refractivity (Wildman–Crippen MR) is 107 cm³/mol. The van der Waals surface area contributed by atoms with E-state index in [9.17, 15) is 13.2 Å². The molecule has 0 aromatic carbocycles. The van der Waals surface area contributed by atoms with Crippen LogP contribution in [0.3, 0.4) is 0 Å². The topological polar surface area (TPSA) is 93.4 Å². The van der Waals surface area contributed by atoms with Gasteiger partial charge in [-0.05, 0) is 55.8 Å². The summed E-state index contributed by atoms with van der Waals surface area (Å²) in [5.74, 6) is 2.54. The molecular weight excluding hydrogens is 390 g/mol. The van der Waals surface area contributed by atoms with Crippen LogP contribution >= 0.6 is 0 Å². The summed E-state index contributed by atoms with van der Waals surface area (Å²) in [7, 11) is -3.49. The normalized spacial score (nSPS) is 34.8. The summed E-state index contributed by atoms with van der Waals surface area (Å²) in [4.78, 5) is 17.3. The molecule has 160 valence electrons. The minimum atomic E-state index is -3.49. The van der Waals surface area contributed by atoms with E-state index < -0.39 is 15.4 Å². The second-order valence-electron chi connectivity index (χ2n) is 10.3. The van der Waals surface area contributed by atoms with E-state index in [4.69, 9.17) is 4.52 Å². The molecule has 2 heterocycles. The molecule has 1 aliphatic heterocycles. The second-order valence-corrected chi connectivity index (χ2v) is 12.3. The van der Waals surface area contributed by atoms with E-state index in [2.05, 4.69) is 24.0 Å². The van der Waals surface area contributed by atoms with Gasteiger partial charge in [0.05, 0.1) is 5.75 Å². The molecule has 0 spiro atoms. The van der Waals surface area contributed by atoms with E-state index in [0.717, 1.165) is 37.9 Å². The highest BCUT2D eigenvalue weighted by Crippen LogP contribution is 2.64. The molecule has 0 radical (unpaired) electrons. The average molecular weight is 422 g/mol. The van der Waals surface area contributed by atoms with Crippen LogP contribution in [0.15, 0.2) is 4.52 Å². The Morgan fingerprint density at radius 2 is 2.00 bits per heavy atom. The van der Waals surface area contributed by atoms with Gasteiger partial charge in [0.1, 0.15) is 5.78 Å². The number of piperidine rings is 1. The van der Waals surface area contributed by atoms with Crippen molar-refractivity contribution in [1.29, 1.82) is 0 Å². The highest BCUT2D eigenvalue weighted by atomic mass is 32.2. The number of aromatic nitrogens is 2. The van der Waals surface area contributed by atoms with Gasteiger partial charge in [-0.2, -0.15) is 4.98 Å². The number of nitrogens with zero attached hydrogens (tertiary/aromatic N) is 3. The van der Waals surface area contributed by atoms with Crippen LogP contribution in [0.4, 0.5) is 0 Å². The van der Waals surface area contributed by atoms with Gasteiger partial charge in [-0.25, -0.2) is 12.7 Å². The average Bonchev–Trinajstić information content (AvgIpc) is 3.33. The molecule has 4 fully saturated rings. The summed E-state index contributed by atoms with van der Waals surface area (Å²) in [6, 6.07) is 0. The predicted octanol–water partition coefficient (Wildman–Crippen LogP) is 2.93. The summed E-state index contributed by atoms with van der Waals surface area (Å²) in [5.41, 5.74) is -0.926. The molecule has 4 aliphatic rings. The van der Waals surface area contributed by atoms with Gasteiger partial charge in [0.25, 0.3) is 0 Å². The van der Waals surface area contributed by atoms with E-state index in [1.54, 1.807) is 4.31 Å². The molecule has 1 aromatic rings. The number of hydrogen-bond acceptors (Lipinski definition) is 6. The zero-order valence-corrected chi connectivity index (χ0v) is 18.2. The number of rotatable bonds is 6. The Morgan fingerprint density at radius 1 is 1.21 bits per heavy atom. The highest BCUT2D eigenvalue weighted by molar-refractivity contribution is 7.89. The van der Waals surface area contributed by atoms with Crippen molar-refractivity contribution >= 4 is 15.8 Å². The molecule has 2 bridgehead atoms. The molecule has 3 atom stereocenters. The Balaban J connectivity index is 1.28. The van der Waals surface area contributed by atoms with Crippen molar-refractivity contribution in [2.45, 2.75) is 71.1 Å². The number of carbonyl (C=O) groups excluding carboxylic acids is 1. The monoisotopic (exact) mass is 421 g/mol. The van der Waals surface area contributed by atoms with E-state index in [1.165, 1.54) is 0 Å². The standard InChI is InChI=1S/C21H31N3O4S/c1-20(2)16-7-8-21(20,17(25)11-16)13-29(26,27)24-9-3-4-14(12-24)10-18-22-19(23-28-18)15-5-6-15/h14-16H,3-13H2,1-2H3/t14-,16-,21+/m0/s1. The van der Waals surface area contributed by atoms with Gasteiger partial charge in [0, 0.05) is 37.3 Å². The third-order valence-electron chi connectivity index (χ3n) is 8.33. The summed E-state index contributed by atoms with van der Waals surface area (Å²) in [6.45, 7) is 5.22. The van der Waals surface area contributed by atoms with E-state index in [1.807, 2.05) is 0 Å². The lowest BCUT2D eigenvalue weighted by atomic mass is 9.70. The van der Waals surface area contributed by atoms with Crippen molar-refractivity contribution in [2.24, 2.45) is 22.7 Å². The van der Waals surface area contributed by atoms with Gasteiger partial charge >= 0.3 is 0 Å². The van der Waals surface area contributed by atoms with Gasteiger partial charge in [-0.1, -0.05) is 19.0 Å². The molecule has 7 nitrogen and oxygen atoms in total. The lowest BCUT2D eigenvalue weighted by Gasteiger charge is -2.39. The first kappa shape index (κ1) is 19.7. The summed E-state index contributed by atoms with van der Waals surface area (Å²) in [6.07, 6.45) is 6.92. The minimum Gasteiger partial charge on any atom is -0.339 e. The minimum absolute atomic E-state index is 0.0264. The van der Waals surface area contributed by atoms with Crippen LogP contribution in [-0.4, -0.2) is 47.5 Å². The largest absolute Gasteiger partial charge is 0.339 e. The molecule has 3 saturated carbocycles. The van der Waals surface area contributed by atoms with Crippen LogP contribution in [0.25, 0.3) is 0 Å². The zero-order chi connectivity index (χ0) is 20.4. The Hall–Kier alpha value is -1.28. The van der Waals surface area contributed by atoms with E-state index in [-0.39, 0.29) is 22.9 Å². The summed E-state index contributed by atoms with van der Waals surface area (Å²) in [5, 5.41) is 4.07. The Bertz CT molecular complexity index is 920. The maximum Gasteiger partial charge on any atom is 0.226 e. The number of fused-ring (bicyclic) bond motifs is 2. The van der Waals surface area contributed by atoms with Gasteiger partial charge in [0.2, 0.25) is 15.9 Å². The van der Waals surface area contributed by atoms with Crippen molar-refractivity contribution in [2.75, 3.05) is 18.8 Å². The number of sulfonamides is 1. The van der Waals surface area contributed by atoms with Gasteiger partial charge in [-0.3, -0.25) is 4.79 Å². The zero-order valence-electron chi connectivity index (χ0n) is 17.4. The quantitative estimate of drug-likeness (QED) is 0.701. The van der Waals surface area contributed by atoms with E-state index >= 15 is 0 Å². The molecule has 0 N–H and O–H groups in total. The van der Waals surface area contributed by atoms with Crippen LogP contribution in [0.2, 0.25) is 0 Å². The number of ketones is 1. The van der Waals surface area contributed by atoms with Crippen LogP contribution in [0.5, 0.6) is 0 Å². The van der Waals surface area contributed by atoms with Crippen molar-refractivity contribution in [3.8, 4) is 0 Å². The SMILES string of the molecule is CC1(C)[C@H]2CC[C@@]1(CS(=O)(=O)N1CCC[C@@H](Cc3nc(C4CC4)no3)C1)C(=O)C2. The molecule has 5 rings (SSSR count). The van der Waals surface area contributed by atoms with E-state index in [0.29, 0.717) is 50.1 Å². The number of Topliss-reactive ketones (excluding diaryl/α,β-unsaturated/α-hetero) is 1. The fraction of sp³-hybridized carbons (Fsp3) is 0.857. The molecule has 0 unspecified atom stereocenters. The fourth-order valence-corrected chi connectivity index (χ4v) is 8.39. The molecule has 3 aliphatic carbocycles. The van der Waals surface area contributed by atoms with Crippen LogP contribution in [-0.2, 0) is 21.2 Å². The summed E-state index contributed by atoms with van der Waals surface area (Å²) < 4.78 is 33.8. The first-order valence-electron chi connectivity index (χ1n) is 11.0. The Morgan fingerprint density at radius 3 is 2.66 bits per heavy atom. The molecule has 0 amide bonds. The van der Waals surface area contributed by atoms with Gasteiger partial charge in [-0.15, -0.1) is 0 Å². The maximum atomic E-state index is 13.4. The third kappa shape index (κ3) is 3.17. The fourth-order valence-electron chi connectivity index (χ4n) is 6.06.